The first-order valence-corrected chi connectivity index (χ1v) is 4.19. The molecule has 1 fully saturated rings. The van der Waals surface area contributed by atoms with Gasteiger partial charge in [-0.05, 0) is 24.7 Å². The Labute approximate surface area is 67.2 Å². The number of nitrogens with two attached hydrogens (primary N) is 1. The summed E-state index contributed by atoms with van der Waals surface area (Å²) in [7, 11) is 0. The highest BCUT2D eigenvalue weighted by atomic mass is 16.3. The summed E-state index contributed by atoms with van der Waals surface area (Å²) in [6, 6.07) is -0.0220. The second-order valence-electron chi connectivity index (χ2n) is 3.62. The van der Waals surface area contributed by atoms with E-state index in [1.165, 1.54) is 0 Å². The van der Waals surface area contributed by atoms with E-state index in [9.17, 15) is 5.11 Å². The molecule has 3 heteroatoms. The monoisotopic (exact) mass is 159 g/mol. The van der Waals surface area contributed by atoms with Gasteiger partial charge in [0.2, 0.25) is 0 Å². The van der Waals surface area contributed by atoms with Gasteiger partial charge in [-0.3, -0.25) is 0 Å². The van der Waals surface area contributed by atoms with Crippen molar-refractivity contribution in [3.63, 3.8) is 0 Å². The second-order valence-corrected chi connectivity index (χ2v) is 3.62. The van der Waals surface area contributed by atoms with E-state index in [2.05, 4.69) is 0 Å². The van der Waals surface area contributed by atoms with Crippen molar-refractivity contribution in [3.8, 4) is 0 Å². The molecule has 0 heterocycles. The molecule has 1 aliphatic carbocycles. The predicted octanol–water partition coefficient (Wildman–Crippen LogP) is -0.287. The van der Waals surface area contributed by atoms with E-state index in [0.717, 1.165) is 6.42 Å². The highest BCUT2D eigenvalue weighted by molar-refractivity contribution is 4.85. The van der Waals surface area contributed by atoms with Crippen molar-refractivity contribution in [3.05, 3.63) is 0 Å². The van der Waals surface area contributed by atoms with Gasteiger partial charge in [-0.25, -0.2) is 0 Å². The average Bonchev–Trinajstić information content (AvgIpc) is 1.97. The third-order valence-electron chi connectivity index (χ3n) is 2.69. The van der Waals surface area contributed by atoms with E-state index in [1.54, 1.807) is 0 Å². The number of rotatable bonds is 1. The molecule has 3 nitrogen and oxygen atoms in total. The Hall–Kier alpha value is -0.120. The molecule has 0 aromatic carbocycles. The first-order valence-electron chi connectivity index (χ1n) is 4.19. The molecule has 0 bridgehead atoms. The number of hydrogen-bond donors (Lipinski definition) is 3. The van der Waals surface area contributed by atoms with Crippen LogP contribution in [-0.2, 0) is 0 Å². The topological polar surface area (TPSA) is 66.5 Å². The number of hydrogen-bond acceptors (Lipinski definition) is 3. The van der Waals surface area contributed by atoms with Crippen LogP contribution in [0.5, 0.6) is 0 Å². The molecule has 1 saturated carbocycles. The van der Waals surface area contributed by atoms with Crippen LogP contribution in [-0.4, -0.2) is 29.0 Å². The van der Waals surface area contributed by atoms with Crippen molar-refractivity contribution in [1.29, 1.82) is 0 Å². The first-order chi connectivity index (χ1) is 5.15. The maximum atomic E-state index is 9.40. The van der Waals surface area contributed by atoms with Crippen molar-refractivity contribution in [2.45, 2.75) is 31.9 Å². The van der Waals surface area contributed by atoms with E-state index >= 15 is 0 Å². The normalized spacial score (nSPS) is 45.8. The lowest BCUT2D eigenvalue weighted by molar-refractivity contribution is 0.0293. The van der Waals surface area contributed by atoms with Gasteiger partial charge in [-0.2, -0.15) is 0 Å². The maximum absolute atomic E-state index is 9.40. The summed E-state index contributed by atoms with van der Waals surface area (Å²) in [5, 5.41) is 18.3. The van der Waals surface area contributed by atoms with Gasteiger partial charge in [0.05, 0.1) is 6.10 Å². The summed E-state index contributed by atoms with van der Waals surface area (Å²) < 4.78 is 0. The number of aliphatic hydroxyl groups excluding tert-OH is 2. The van der Waals surface area contributed by atoms with Gasteiger partial charge in [-0.15, -0.1) is 0 Å². The molecular weight excluding hydrogens is 142 g/mol. The van der Waals surface area contributed by atoms with Crippen molar-refractivity contribution >= 4 is 0 Å². The Bertz CT molecular complexity index is 129. The molecule has 66 valence electrons. The van der Waals surface area contributed by atoms with Crippen LogP contribution in [0.1, 0.15) is 19.8 Å². The van der Waals surface area contributed by atoms with E-state index in [4.69, 9.17) is 10.8 Å². The highest BCUT2D eigenvalue weighted by Gasteiger charge is 2.31. The van der Waals surface area contributed by atoms with E-state index in [1.807, 2.05) is 6.92 Å². The molecule has 0 amide bonds. The Morgan fingerprint density at radius 3 is 2.64 bits per heavy atom. The van der Waals surface area contributed by atoms with Crippen LogP contribution in [0.25, 0.3) is 0 Å². The summed E-state index contributed by atoms with van der Waals surface area (Å²) in [6.07, 6.45) is 1.21. The average molecular weight is 159 g/mol. The van der Waals surface area contributed by atoms with Crippen LogP contribution in [0.3, 0.4) is 0 Å². The molecule has 0 aromatic heterocycles. The standard InChI is InChI=1S/C8H17NO2/c1-5-2-6(4-10)7(9)3-8(5)11/h5-8,10-11H,2-4,9H2,1H3. The zero-order chi connectivity index (χ0) is 8.43. The summed E-state index contributed by atoms with van der Waals surface area (Å²) in [4.78, 5) is 0. The van der Waals surface area contributed by atoms with Crippen LogP contribution < -0.4 is 5.73 Å². The molecule has 4 unspecified atom stereocenters. The fourth-order valence-electron chi connectivity index (χ4n) is 1.72. The fraction of sp³-hybridized carbons (Fsp3) is 1.00. The van der Waals surface area contributed by atoms with Crippen LogP contribution in [0, 0.1) is 11.8 Å². The highest BCUT2D eigenvalue weighted by Crippen LogP contribution is 2.27. The minimum atomic E-state index is -0.271. The van der Waals surface area contributed by atoms with Gasteiger partial charge in [0.25, 0.3) is 0 Å². The van der Waals surface area contributed by atoms with E-state index < -0.39 is 0 Å². The lowest BCUT2D eigenvalue weighted by Gasteiger charge is -2.34. The molecule has 11 heavy (non-hydrogen) atoms. The number of aliphatic hydroxyl groups is 2. The summed E-state index contributed by atoms with van der Waals surface area (Å²) in [5.41, 5.74) is 5.72. The Kier molecular flexibility index (Phi) is 2.87. The fourth-order valence-corrected chi connectivity index (χ4v) is 1.72. The smallest absolute Gasteiger partial charge is 0.0580 e. The summed E-state index contributed by atoms with van der Waals surface area (Å²) in [5.74, 6) is 0.473. The molecule has 1 rings (SSSR count). The van der Waals surface area contributed by atoms with Crippen molar-refractivity contribution in [2.75, 3.05) is 6.61 Å². The molecule has 4 atom stereocenters. The van der Waals surface area contributed by atoms with Gasteiger partial charge >= 0.3 is 0 Å². The Balaban J connectivity index is 2.48. The lowest BCUT2D eigenvalue weighted by Crippen LogP contribution is -2.43. The third-order valence-corrected chi connectivity index (χ3v) is 2.69. The second kappa shape index (κ2) is 3.52. The summed E-state index contributed by atoms with van der Waals surface area (Å²) >= 11 is 0. The zero-order valence-corrected chi connectivity index (χ0v) is 6.90. The lowest BCUT2D eigenvalue weighted by atomic mass is 9.78. The van der Waals surface area contributed by atoms with Crippen molar-refractivity contribution < 1.29 is 10.2 Å². The van der Waals surface area contributed by atoms with Crippen molar-refractivity contribution in [2.24, 2.45) is 17.6 Å². The van der Waals surface area contributed by atoms with Crippen LogP contribution in [0.2, 0.25) is 0 Å². The minimum absolute atomic E-state index is 0.0220. The minimum Gasteiger partial charge on any atom is -0.396 e. The van der Waals surface area contributed by atoms with E-state index in [-0.39, 0.29) is 30.6 Å². The molecule has 0 aromatic rings. The SMILES string of the molecule is CC1CC(CO)C(N)CC1O. The quantitative estimate of drug-likeness (QED) is 0.492. The molecule has 0 radical (unpaired) electrons. The molecule has 1 aliphatic rings. The zero-order valence-electron chi connectivity index (χ0n) is 6.90. The van der Waals surface area contributed by atoms with E-state index in [0.29, 0.717) is 6.42 Å². The Morgan fingerprint density at radius 2 is 2.09 bits per heavy atom. The third kappa shape index (κ3) is 1.92. The van der Waals surface area contributed by atoms with Gasteiger partial charge in [0, 0.05) is 12.6 Å². The molecule has 0 aliphatic heterocycles. The van der Waals surface area contributed by atoms with Crippen LogP contribution in [0.4, 0.5) is 0 Å². The van der Waals surface area contributed by atoms with Gasteiger partial charge in [0.1, 0.15) is 0 Å². The maximum Gasteiger partial charge on any atom is 0.0580 e. The molecular formula is C8H17NO2. The Morgan fingerprint density at radius 1 is 1.45 bits per heavy atom. The van der Waals surface area contributed by atoms with Crippen molar-refractivity contribution in [1.82, 2.24) is 0 Å². The van der Waals surface area contributed by atoms with Crippen LogP contribution >= 0.6 is 0 Å². The first kappa shape index (κ1) is 8.97. The van der Waals surface area contributed by atoms with Gasteiger partial charge in [-0.1, -0.05) is 6.92 Å². The molecule has 0 saturated heterocycles. The van der Waals surface area contributed by atoms with Crippen LogP contribution in [0.15, 0.2) is 0 Å². The molecule has 0 spiro atoms. The predicted molar refractivity (Wildman–Crippen MR) is 43.0 cm³/mol. The van der Waals surface area contributed by atoms with Gasteiger partial charge < -0.3 is 15.9 Å². The largest absolute Gasteiger partial charge is 0.396 e. The molecule has 4 N–H and O–H groups in total. The summed E-state index contributed by atoms with van der Waals surface area (Å²) in [6.45, 7) is 2.15. The van der Waals surface area contributed by atoms with Gasteiger partial charge in [0.15, 0.2) is 0 Å².